The zero-order valence-corrected chi connectivity index (χ0v) is 9.77. The van der Waals surface area contributed by atoms with Gasteiger partial charge in [-0.15, -0.1) is 0 Å². The van der Waals surface area contributed by atoms with Crippen LogP contribution in [-0.4, -0.2) is 25.5 Å². The first-order chi connectivity index (χ1) is 8.15. The topological polar surface area (TPSA) is 101 Å². The zero-order chi connectivity index (χ0) is 13.0. The van der Waals surface area contributed by atoms with Crippen molar-refractivity contribution >= 4 is 0 Å². The average Bonchev–Trinajstić information content (AvgIpc) is 2.36. The predicted molar refractivity (Wildman–Crippen MR) is 60.8 cm³/mol. The summed E-state index contributed by atoms with van der Waals surface area (Å²) in [5, 5.41) is 46.5. The molecule has 1 aromatic carbocycles. The summed E-state index contributed by atoms with van der Waals surface area (Å²) >= 11 is 0. The van der Waals surface area contributed by atoms with Crippen LogP contribution in [0.5, 0.6) is 0 Å². The molecule has 0 spiro atoms. The van der Waals surface area contributed by atoms with Crippen molar-refractivity contribution in [2.45, 2.75) is 40.0 Å². The Morgan fingerprint density at radius 3 is 1.00 bits per heavy atom. The Morgan fingerprint density at radius 2 is 0.765 bits per heavy atom. The number of aliphatic hydroxyl groups excluding tert-OH is 5. The van der Waals surface area contributed by atoms with Gasteiger partial charge >= 0.3 is 0 Å². The second-order valence-electron chi connectivity index (χ2n) is 3.81. The lowest BCUT2D eigenvalue weighted by Crippen LogP contribution is -2.12. The zero-order valence-electron chi connectivity index (χ0n) is 9.77. The number of benzene rings is 1. The van der Waals surface area contributed by atoms with E-state index in [0.29, 0.717) is 33.4 Å². The van der Waals surface area contributed by atoms with E-state index in [4.69, 9.17) is 0 Å². The highest BCUT2D eigenvalue weighted by Gasteiger charge is 2.19. The predicted octanol–water partition coefficient (Wildman–Crippen LogP) is -0.543. The van der Waals surface area contributed by atoms with Crippen LogP contribution in [0.4, 0.5) is 0 Å². The van der Waals surface area contributed by atoms with Crippen molar-refractivity contribution < 1.29 is 25.5 Å². The SMILES string of the molecule is Cc1c(CO)c(CO)c(CO)c(CO)c1CO. The second kappa shape index (κ2) is 6.09. The van der Waals surface area contributed by atoms with Crippen LogP contribution in [0.15, 0.2) is 0 Å². The smallest absolute Gasteiger partial charge is 0.0689 e. The third kappa shape index (κ3) is 2.34. The first kappa shape index (κ1) is 14.1. The van der Waals surface area contributed by atoms with Gasteiger partial charge in [-0.25, -0.2) is 0 Å². The van der Waals surface area contributed by atoms with Crippen LogP contribution in [0.1, 0.15) is 33.4 Å². The molecule has 0 atom stereocenters. The number of rotatable bonds is 5. The van der Waals surface area contributed by atoms with E-state index in [-0.39, 0.29) is 33.0 Å². The lowest BCUT2D eigenvalue weighted by molar-refractivity contribution is 0.232. The molecule has 1 rings (SSSR count). The molecule has 0 heterocycles. The molecule has 5 N–H and O–H groups in total. The van der Waals surface area contributed by atoms with E-state index >= 15 is 0 Å². The maximum atomic E-state index is 9.31. The normalized spacial score (nSPS) is 10.9. The molecule has 0 saturated carbocycles. The van der Waals surface area contributed by atoms with Gasteiger partial charge in [0.05, 0.1) is 33.0 Å². The molecule has 0 fully saturated rings. The summed E-state index contributed by atoms with van der Waals surface area (Å²) < 4.78 is 0. The van der Waals surface area contributed by atoms with Crippen molar-refractivity contribution in [2.24, 2.45) is 0 Å². The molecule has 0 radical (unpaired) electrons. The third-order valence-corrected chi connectivity index (χ3v) is 3.15. The Morgan fingerprint density at radius 1 is 0.529 bits per heavy atom. The summed E-state index contributed by atoms with van der Waals surface area (Å²) in [6, 6.07) is 0. The van der Waals surface area contributed by atoms with Crippen LogP contribution in [0.3, 0.4) is 0 Å². The van der Waals surface area contributed by atoms with Gasteiger partial charge in [0.15, 0.2) is 0 Å². The standard InChI is InChI=1S/C12H18O5/c1-7-8(2-13)10(4-15)12(6-17)11(5-16)9(7)3-14/h13-17H,2-6H2,1H3. The Hall–Kier alpha value is -0.980. The van der Waals surface area contributed by atoms with Gasteiger partial charge in [-0.1, -0.05) is 0 Å². The lowest BCUT2D eigenvalue weighted by atomic mass is 9.88. The third-order valence-electron chi connectivity index (χ3n) is 3.15. The molecule has 0 aliphatic heterocycles. The molecule has 0 saturated heterocycles. The Balaban J connectivity index is 3.66. The highest BCUT2D eigenvalue weighted by Crippen LogP contribution is 2.29. The van der Waals surface area contributed by atoms with Gasteiger partial charge in [-0.2, -0.15) is 0 Å². The van der Waals surface area contributed by atoms with Gasteiger partial charge in [0.25, 0.3) is 0 Å². The molecule has 0 amide bonds. The molecule has 5 heteroatoms. The van der Waals surface area contributed by atoms with Crippen LogP contribution in [0, 0.1) is 6.92 Å². The van der Waals surface area contributed by atoms with Crippen molar-refractivity contribution in [1.29, 1.82) is 0 Å². The molecule has 1 aromatic rings. The van der Waals surface area contributed by atoms with E-state index in [2.05, 4.69) is 0 Å². The Kier molecular flexibility index (Phi) is 5.04. The molecule has 0 aliphatic carbocycles. The van der Waals surface area contributed by atoms with Gasteiger partial charge < -0.3 is 25.5 Å². The van der Waals surface area contributed by atoms with E-state index in [1.807, 2.05) is 0 Å². The minimum atomic E-state index is -0.355. The van der Waals surface area contributed by atoms with Gasteiger partial charge in [-0.3, -0.25) is 0 Å². The fourth-order valence-electron chi connectivity index (χ4n) is 2.18. The average molecular weight is 242 g/mol. The molecular weight excluding hydrogens is 224 g/mol. The van der Waals surface area contributed by atoms with Gasteiger partial charge in [-0.05, 0) is 40.3 Å². The van der Waals surface area contributed by atoms with Crippen LogP contribution >= 0.6 is 0 Å². The quantitative estimate of drug-likeness (QED) is 0.477. The van der Waals surface area contributed by atoms with Crippen LogP contribution in [0.25, 0.3) is 0 Å². The summed E-state index contributed by atoms with van der Waals surface area (Å²) in [6.45, 7) is 0.125. The van der Waals surface area contributed by atoms with Crippen molar-refractivity contribution in [3.63, 3.8) is 0 Å². The van der Waals surface area contributed by atoms with Crippen molar-refractivity contribution in [1.82, 2.24) is 0 Å². The van der Waals surface area contributed by atoms with Crippen molar-refractivity contribution in [3.05, 3.63) is 33.4 Å². The van der Waals surface area contributed by atoms with Crippen molar-refractivity contribution in [2.75, 3.05) is 0 Å². The summed E-state index contributed by atoms with van der Waals surface area (Å²) in [5.41, 5.74) is 2.87. The van der Waals surface area contributed by atoms with E-state index in [0.717, 1.165) is 0 Å². The monoisotopic (exact) mass is 242 g/mol. The molecule has 0 bridgehead atoms. The lowest BCUT2D eigenvalue weighted by Gasteiger charge is -2.21. The maximum Gasteiger partial charge on any atom is 0.0689 e. The second-order valence-corrected chi connectivity index (χ2v) is 3.81. The minimum Gasteiger partial charge on any atom is -0.392 e. The first-order valence-electron chi connectivity index (χ1n) is 5.35. The molecule has 5 nitrogen and oxygen atoms in total. The highest BCUT2D eigenvalue weighted by molar-refractivity contribution is 5.50. The van der Waals surface area contributed by atoms with E-state index < -0.39 is 0 Å². The number of hydrogen-bond donors (Lipinski definition) is 5. The van der Waals surface area contributed by atoms with E-state index in [9.17, 15) is 25.5 Å². The van der Waals surface area contributed by atoms with Crippen LogP contribution in [-0.2, 0) is 33.0 Å². The van der Waals surface area contributed by atoms with Crippen molar-refractivity contribution in [3.8, 4) is 0 Å². The molecule has 96 valence electrons. The fourth-order valence-corrected chi connectivity index (χ4v) is 2.18. The Labute approximate surface area is 99.6 Å². The highest BCUT2D eigenvalue weighted by atomic mass is 16.3. The van der Waals surface area contributed by atoms with E-state index in [1.165, 1.54) is 0 Å². The molecule has 0 aliphatic rings. The largest absolute Gasteiger partial charge is 0.392 e. The fraction of sp³-hybridized carbons (Fsp3) is 0.500. The van der Waals surface area contributed by atoms with Crippen LogP contribution < -0.4 is 0 Å². The van der Waals surface area contributed by atoms with Gasteiger partial charge in [0, 0.05) is 0 Å². The Bertz CT molecular complexity index is 367. The summed E-state index contributed by atoms with van der Waals surface area (Å²) in [5.74, 6) is 0. The first-order valence-corrected chi connectivity index (χ1v) is 5.35. The summed E-state index contributed by atoms with van der Waals surface area (Å²) in [4.78, 5) is 0. The molecule has 17 heavy (non-hydrogen) atoms. The molecular formula is C12H18O5. The number of aliphatic hydroxyl groups is 5. The molecule has 0 aromatic heterocycles. The summed E-state index contributed by atoms with van der Waals surface area (Å²) in [6.07, 6.45) is 0. The van der Waals surface area contributed by atoms with E-state index in [1.54, 1.807) is 6.92 Å². The number of hydrogen-bond acceptors (Lipinski definition) is 5. The van der Waals surface area contributed by atoms with Gasteiger partial charge in [0.2, 0.25) is 0 Å². The van der Waals surface area contributed by atoms with Gasteiger partial charge in [0.1, 0.15) is 0 Å². The van der Waals surface area contributed by atoms with Crippen LogP contribution in [0.2, 0.25) is 0 Å². The maximum absolute atomic E-state index is 9.31. The summed E-state index contributed by atoms with van der Waals surface area (Å²) in [7, 11) is 0. The minimum absolute atomic E-state index is 0.284. The molecule has 0 unspecified atom stereocenters.